The van der Waals surface area contributed by atoms with Crippen molar-refractivity contribution in [3.63, 3.8) is 0 Å². The van der Waals surface area contributed by atoms with Gasteiger partial charge in [-0.1, -0.05) is 24.3 Å². The van der Waals surface area contributed by atoms with Gasteiger partial charge in [-0.05, 0) is 93.0 Å². The Kier molecular flexibility index (Phi) is 7.08. The van der Waals surface area contributed by atoms with Crippen LogP contribution in [-0.4, -0.2) is 35.7 Å². The molecule has 1 saturated heterocycles. The fourth-order valence-electron chi connectivity index (χ4n) is 6.79. The molecule has 0 radical (unpaired) electrons. The standard InChI is InChI=1S/C29H34FN3O3/c1-3-36-29(35)33-23-10-11-24-20(14-23)15-26-27(17(2)32-28(26)34)25(24)12-9-22-8-7-19(16-31-22)18-5-4-6-21(30)13-18/h4-9,12-13,16-17,20,23-27H,3,10-11,14-15H2,1-2H3,(H,32,34)(H,33,35)/b12-9+/t17-,20+,23-,24-,25+,26-,27+/m1/s1. The third-order valence-electron chi connectivity index (χ3n) is 8.32. The molecule has 2 saturated carbocycles. The summed E-state index contributed by atoms with van der Waals surface area (Å²) in [6.07, 6.45) is 9.41. The number of nitrogens with one attached hydrogen (secondary N) is 2. The summed E-state index contributed by atoms with van der Waals surface area (Å²) in [5.41, 5.74) is 2.51. The number of ether oxygens (including phenoxy) is 1. The maximum Gasteiger partial charge on any atom is 0.407 e. The molecule has 190 valence electrons. The highest BCUT2D eigenvalue weighted by molar-refractivity contribution is 5.82. The topological polar surface area (TPSA) is 80.3 Å². The lowest BCUT2D eigenvalue weighted by Gasteiger charge is -2.48. The minimum absolute atomic E-state index is 0.000514. The first kappa shape index (κ1) is 24.5. The van der Waals surface area contributed by atoms with E-state index in [9.17, 15) is 14.0 Å². The molecular weight excluding hydrogens is 457 g/mol. The van der Waals surface area contributed by atoms with Crippen molar-refractivity contribution in [3.05, 3.63) is 60.2 Å². The summed E-state index contributed by atoms with van der Waals surface area (Å²) >= 11 is 0. The molecule has 1 aliphatic heterocycles. The maximum atomic E-state index is 13.6. The molecule has 0 unspecified atom stereocenters. The van der Waals surface area contributed by atoms with Gasteiger partial charge in [-0.15, -0.1) is 0 Å². The van der Waals surface area contributed by atoms with Crippen molar-refractivity contribution in [2.75, 3.05) is 6.61 Å². The molecule has 6 nitrogen and oxygen atoms in total. The molecule has 1 aromatic carbocycles. The monoisotopic (exact) mass is 491 g/mol. The van der Waals surface area contributed by atoms with E-state index in [-0.39, 0.29) is 47.7 Å². The molecular formula is C29H34FN3O3. The van der Waals surface area contributed by atoms with Crippen LogP contribution in [0.1, 0.15) is 45.2 Å². The summed E-state index contributed by atoms with van der Waals surface area (Å²) in [5, 5.41) is 6.19. The van der Waals surface area contributed by atoms with Gasteiger partial charge in [0, 0.05) is 29.8 Å². The molecule has 3 fully saturated rings. The zero-order valence-electron chi connectivity index (χ0n) is 20.8. The highest BCUT2D eigenvalue weighted by atomic mass is 19.1. The quantitative estimate of drug-likeness (QED) is 0.602. The van der Waals surface area contributed by atoms with Gasteiger partial charge in [0.15, 0.2) is 0 Å². The number of rotatable bonds is 5. The number of halogens is 1. The smallest absolute Gasteiger partial charge is 0.407 e. The van der Waals surface area contributed by atoms with Crippen molar-refractivity contribution in [1.29, 1.82) is 0 Å². The van der Waals surface area contributed by atoms with Crippen LogP contribution in [0.4, 0.5) is 9.18 Å². The summed E-state index contributed by atoms with van der Waals surface area (Å²) in [7, 11) is 0. The number of aromatic nitrogens is 1. The van der Waals surface area contributed by atoms with Crippen molar-refractivity contribution in [2.24, 2.45) is 29.6 Å². The number of pyridine rings is 1. The molecule has 1 aromatic heterocycles. The Labute approximate surface area is 211 Å². The molecule has 7 atom stereocenters. The van der Waals surface area contributed by atoms with Gasteiger partial charge in [0.2, 0.25) is 5.91 Å². The van der Waals surface area contributed by atoms with Gasteiger partial charge >= 0.3 is 6.09 Å². The summed E-state index contributed by atoms with van der Waals surface area (Å²) in [6, 6.07) is 10.7. The van der Waals surface area contributed by atoms with Crippen LogP contribution in [0.3, 0.4) is 0 Å². The highest BCUT2D eigenvalue weighted by Crippen LogP contribution is 2.52. The van der Waals surface area contributed by atoms with Gasteiger partial charge in [0.05, 0.1) is 12.3 Å². The minimum atomic E-state index is -0.355. The summed E-state index contributed by atoms with van der Waals surface area (Å²) < 4.78 is 18.7. The molecule has 36 heavy (non-hydrogen) atoms. The van der Waals surface area contributed by atoms with E-state index in [1.54, 1.807) is 19.2 Å². The number of allylic oxidation sites excluding steroid dienone is 1. The first-order valence-corrected chi connectivity index (χ1v) is 13.1. The van der Waals surface area contributed by atoms with Crippen LogP contribution in [-0.2, 0) is 9.53 Å². The van der Waals surface area contributed by atoms with Gasteiger partial charge in [0.1, 0.15) is 5.82 Å². The fraction of sp³-hybridized carbons (Fsp3) is 0.483. The van der Waals surface area contributed by atoms with E-state index in [2.05, 4.69) is 34.7 Å². The Morgan fingerprint density at radius 2 is 2.08 bits per heavy atom. The van der Waals surface area contributed by atoms with Crippen molar-refractivity contribution in [1.82, 2.24) is 15.6 Å². The number of amides is 2. The van der Waals surface area contributed by atoms with E-state index in [0.29, 0.717) is 18.4 Å². The van der Waals surface area contributed by atoms with Gasteiger partial charge in [-0.25, -0.2) is 9.18 Å². The van der Waals surface area contributed by atoms with E-state index in [0.717, 1.165) is 42.5 Å². The summed E-state index contributed by atoms with van der Waals surface area (Å²) in [6.45, 7) is 4.28. The van der Waals surface area contributed by atoms with Crippen LogP contribution in [0.5, 0.6) is 0 Å². The van der Waals surface area contributed by atoms with Gasteiger partial charge in [-0.3, -0.25) is 9.78 Å². The molecule has 2 aromatic rings. The molecule has 2 aliphatic carbocycles. The lowest BCUT2D eigenvalue weighted by molar-refractivity contribution is -0.125. The largest absolute Gasteiger partial charge is 0.450 e. The van der Waals surface area contributed by atoms with Crippen LogP contribution >= 0.6 is 0 Å². The zero-order valence-corrected chi connectivity index (χ0v) is 20.8. The van der Waals surface area contributed by atoms with Crippen molar-refractivity contribution < 1.29 is 18.7 Å². The molecule has 3 aliphatic rings. The number of nitrogens with zero attached hydrogens (tertiary/aromatic N) is 1. The SMILES string of the molecule is CCOC(=O)N[C@@H]1CC[C@@H]2[C@@H](C1)C[C@H]1C(=O)N[C@H](C)[C@H]1[C@H]2/C=C/c1ccc(-c2cccc(F)c2)cn1. The van der Waals surface area contributed by atoms with E-state index >= 15 is 0 Å². The predicted octanol–water partition coefficient (Wildman–Crippen LogP) is 5.20. The lowest BCUT2D eigenvalue weighted by atomic mass is 9.57. The Bertz CT molecular complexity index is 1130. The summed E-state index contributed by atoms with van der Waals surface area (Å²) in [4.78, 5) is 29.4. The van der Waals surface area contributed by atoms with Gasteiger partial charge in [0.25, 0.3) is 0 Å². The number of fused-ring (bicyclic) bond motifs is 2. The fourth-order valence-corrected chi connectivity index (χ4v) is 6.79. The maximum absolute atomic E-state index is 13.6. The van der Waals surface area contributed by atoms with Crippen LogP contribution in [0.25, 0.3) is 17.2 Å². The Hall–Kier alpha value is -3.22. The number of alkyl carbamates (subject to hydrolysis) is 1. The average molecular weight is 492 g/mol. The summed E-state index contributed by atoms with van der Waals surface area (Å²) in [5.74, 6) is 1.25. The van der Waals surface area contributed by atoms with E-state index in [1.807, 2.05) is 18.2 Å². The van der Waals surface area contributed by atoms with Crippen LogP contribution < -0.4 is 10.6 Å². The van der Waals surface area contributed by atoms with Crippen LogP contribution in [0.2, 0.25) is 0 Å². The molecule has 2 amide bonds. The van der Waals surface area contributed by atoms with E-state index < -0.39 is 0 Å². The number of carbonyl (C=O) groups excluding carboxylic acids is 2. The van der Waals surface area contributed by atoms with Crippen LogP contribution in [0.15, 0.2) is 48.7 Å². The van der Waals surface area contributed by atoms with E-state index in [4.69, 9.17) is 4.74 Å². The highest BCUT2D eigenvalue weighted by Gasteiger charge is 2.53. The minimum Gasteiger partial charge on any atom is -0.450 e. The molecule has 7 heteroatoms. The second kappa shape index (κ2) is 10.4. The molecule has 0 bridgehead atoms. The third-order valence-corrected chi connectivity index (χ3v) is 8.32. The number of benzene rings is 1. The predicted molar refractivity (Wildman–Crippen MR) is 136 cm³/mol. The Morgan fingerprint density at radius 3 is 2.83 bits per heavy atom. The first-order valence-electron chi connectivity index (χ1n) is 13.1. The molecule has 2 heterocycles. The van der Waals surface area contributed by atoms with Crippen molar-refractivity contribution in [3.8, 4) is 11.1 Å². The second-order valence-electron chi connectivity index (χ2n) is 10.4. The van der Waals surface area contributed by atoms with Crippen LogP contribution in [0, 0.1) is 35.4 Å². The van der Waals surface area contributed by atoms with Gasteiger partial charge in [-0.2, -0.15) is 0 Å². The Balaban J connectivity index is 1.34. The molecule has 2 N–H and O–H groups in total. The van der Waals surface area contributed by atoms with Crippen molar-refractivity contribution >= 4 is 18.1 Å². The lowest BCUT2D eigenvalue weighted by Crippen LogP contribution is -2.48. The van der Waals surface area contributed by atoms with Crippen molar-refractivity contribution in [2.45, 2.75) is 51.6 Å². The average Bonchev–Trinajstić information content (AvgIpc) is 3.15. The number of hydrogen-bond acceptors (Lipinski definition) is 4. The van der Waals surface area contributed by atoms with E-state index in [1.165, 1.54) is 12.1 Å². The molecule has 0 spiro atoms. The van der Waals surface area contributed by atoms with Gasteiger partial charge < -0.3 is 15.4 Å². The normalized spacial score (nSPS) is 31.4. The first-order chi connectivity index (χ1) is 17.4. The third kappa shape index (κ3) is 5.01. The number of carbonyl (C=O) groups is 2. The Morgan fingerprint density at radius 1 is 1.22 bits per heavy atom. The molecule has 5 rings (SSSR count). The zero-order chi connectivity index (χ0) is 25.2. The number of hydrogen-bond donors (Lipinski definition) is 2. The second-order valence-corrected chi connectivity index (χ2v) is 10.4.